The normalized spacial score (nSPS) is 16.8. The second-order valence-corrected chi connectivity index (χ2v) is 8.12. The van der Waals surface area contributed by atoms with Crippen LogP contribution in [0.3, 0.4) is 0 Å². The molecule has 1 saturated heterocycles. The highest BCUT2D eigenvalue weighted by Crippen LogP contribution is 2.32. The number of rotatable bonds is 6. The Balaban J connectivity index is 1.44. The van der Waals surface area contributed by atoms with Crippen LogP contribution in [0.25, 0.3) is 22.2 Å². The molecule has 1 aliphatic heterocycles. The van der Waals surface area contributed by atoms with Crippen molar-refractivity contribution >= 4 is 28.7 Å². The Kier molecular flexibility index (Phi) is 5.69. The fraction of sp³-hybridized carbons (Fsp3) is 0.200. The van der Waals surface area contributed by atoms with Gasteiger partial charge in [-0.15, -0.1) is 5.10 Å². The minimum absolute atomic E-state index is 0.0696. The Labute approximate surface area is 205 Å². The van der Waals surface area contributed by atoms with Crippen LogP contribution in [0.15, 0.2) is 53.1 Å². The van der Waals surface area contributed by atoms with Crippen molar-refractivity contribution in [3.63, 3.8) is 0 Å². The maximum atomic E-state index is 12.8. The van der Waals surface area contributed by atoms with Crippen LogP contribution in [0.5, 0.6) is 11.6 Å². The van der Waals surface area contributed by atoms with Crippen LogP contribution in [-0.4, -0.2) is 51.0 Å². The number of carbonyl (C=O) groups excluding carboxylic acids is 2. The van der Waals surface area contributed by atoms with E-state index < -0.39 is 17.5 Å². The maximum absolute atomic E-state index is 12.8. The Bertz CT molecular complexity index is 1530. The summed E-state index contributed by atoms with van der Waals surface area (Å²) in [5, 5.41) is 27.8. The monoisotopic (exact) mass is 486 g/mol. The molecule has 0 bridgehead atoms. The van der Waals surface area contributed by atoms with Crippen LogP contribution < -0.4 is 20.7 Å². The summed E-state index contributed by atoms with van der Waals surface area (Å²) in [5.41, 5.74) is -0.275. The summed E-state index contributed by atoms with van der Waals surface area (Å²) >= 11 is 0. The molecule has 5 rings (SSSR count). The number of benzene rings is 2. The predicted molar refractivity (Wildman–Crippen MR) is 130 cm³/mol. The SMILES string of the molecule is CCNc1nnc(-c2ccc(C#C[C@]3(Cn4cc5ccc(OC)cc5c4O)NC(=O)NC3=O)cc2)o1. The van der Waals surface area contributed by atoms with Gasteiger partial charge in [-0.1, -0.05) is 16.9 Å². The van der Waals surface area contributed by atoms with E-state index in [1.54, 1.807) is 48.7 Å². The number of ether oxygens (including phenoxy) is 1. The number of methoxy groups -OCH3 is 1. The highest BCUT2D eigenvalue weighted by Gasteiger charge is 2.46. The number of imide groups is 1. The maximum Gasteiger partial charge on any atom is 0.323 e. The molecule has 0 radical (unpaired) electrons. The quantitative estimate of drug-likeness (QED) is 0.240. The smallest absolute Gasteiger partial charge is 0.323 e. The minimum atomic E-state index is -1.58. The Morgan fingerprint density at radius 3 is 2.69 bits per heavy atom. The summed E-state index contributed by atoms with van der Waals surface area (Å²) in [6.45, 7) is 2.48. The third kappa shape index (κ3) is 4.16. The molecule has 2 aromatic carbocycles. The van der Waals surface area contributed by atoms with Crippen molar-refractivity contribution < 1.29 is 23.8 Å². The Morgan fingerprint density at radius 2 is 2.00 bits per heavy atom. The lowest BCUT2D eigenvalue weighted by Crippen LogP contribution is -2.49. The van der Waals surface area contributed by atoms with Gasteiger partial charge in [0, 0.05) is 34.6 Å². The molecule has 3 amide bonds. The van der Waals surface area contributed by atoms with Crippen LogP contribution in [0.2, 0.25) is 0 Å². The largest absolute Gasteiger partial charge is 0.497 e. The van der Waals surface area contributed by atoms with E-state index in [1.807, 2.05) is 6.92 Å². The first-order valence-electron chi connectivity index (χ1n) is 11.1. The van der Waals surface area contributed by atoms with Gasteiger partial charge in [0.05, 0.1) is 13.7 Å². The molecule has 4 aromatic rings. The van der Waals surface area contributed by atoms with Crippen molar-refractivity contribution in [2.75, 3.05) is 19.0 Å². The van der Waals surface area contributed by atoms with Gasteiger partial charge in [0.25, 0.3) is 5.91 Å². The third-order valence-corrected chi connectivity index (χ3v) is 5.72. The standard InChI is InChI=1S/C25H22N6O5/c1-3-26-24-30-29-20(36-24)16-6-4-15(5-7-16)10-11-25(22(33)27-23(34)28-25)14-31-13-17-8-9-18(35-2)12-19(17)21(31)32/h4-9,12-13,32H,3,14H2,1-2H3,(H,26,30)(H2,27,28,33,34)/t25-/m1/s1. The van der Waals surface area contributed by atoms with E-state index in [0.29, 0.717) is 40.7 Å². The summed E-state index contributed by atoms with van der Waals surface area (Å²) in [5.74, 6) is 6.12. The number of fused-ring (bicyclic) bond motifs is 1. The predicted octanol–water partition coefficient (Wildman–Crippen LogP) is 2.47. The number of carbonyl (C=O) groups is 2. The van der Waals surface area contributed by atoms with Crippen LogP contribution >= 0.6 is 0 Å². The topological polar surface area (TPSA) is 144 Å². The highest BCUT2D eigenvalue weighted by molar-refractivity contribution is 6.09. The van der Waals surface area contributed by atoms with Gasteiger partial charge < -0.3 is 29.5 Å². The van der Waals surface area contributed by atoms with Crippen LogP contribution in [0.4, 0.5) is 10.8 Å². The van der Waals surface area contributed by atoms with E-state index >= 15 is 0 Å². The van der Waals surface area contributed by atoms with Gasteiger partial charge in [0.1, 0.15) is 5.75 Å². The first kappa shape index (κ1) is 22.8. The van der Waals surface area contributed by atoms with E-state index in [4.69, 9.17) is 9.15 Å². The molecule has 0 unspecified atom stereocenters. The molecular formula is C25H22N6O5. The summed E-state index contributed by atoms with van der Waals surface area (Å²) < 4.78 is 12.2. The molecule has 1 fully saturated rings. The van der Waals surface area contributed by atoms with Crippen LogP contribution in [-0.2, 0) is 11.3 Å². The molecule has 2 aromatic heterocycles. The highest BCUT2D eigenvalue weighted by atomic mass is 16.5. The number of anilines is 1. The average molecular weight is 486 g/mol. The molecule has 11 nitrogen and oxygen atoms in total. The number of hydrogen-bond acceptors (Lipinski definition) is 8. The number of aromatic nitrogens is 3. The Hall–Kier alpha value is -4.98. The zero-order valence-electron chi connectivity index (χ0n) is 19.5. The molecule has 182 valence electrons. The summed E-state index contributed by atoms with van der Waals surface area (Å²) in [6.07, 6.45) is 1.69. The fourth-order valence-electron chi connectivity index (χ4n) is 3.90. The van der Waals surface area contributed by atoms with E-state index in [-0.39, 0.29) is 12.4 Å². The average Bonchev–Trinajstić information content (AvgIpc) is 3.55. The van der Waals surface area contributed by atoms with Crippen molar-refractivity contribution in [2.45, 2.75) is 19.0 Å². The fourth-order valence-corrected chi connectivity index (χ4v) is 3.90. The van der Waals surface area contributed by atoms with Crippen LogP contribution in [0, 0.1) is 11.8 Å². The lowest BCUT2D eigenvalue weighted by molar-refractivity contribution is -0.122. The number of amides is 3. The van der Waals surface area contributed by atoms with Crippen LogP contribution in [0.1, 0.15) is 12.5 Å². The second kappa shape index (κ2) is 8.99. The molecule has 4 N–H and O–H groups in total. The molecule has 0 spiro atoms. The number of nitrogens with one attached hydrogen (secondary N) is 3. The minimum Gasteiger partial charge on any atom is -0.497 e. The third-order valence-electron chi connectivity index (χ3n) is 5.72. The number of nitrogens with zero attached hydrogens (tertiary/aromatic N) is 3. The lowest BCUT2D eigenvalue weighted by Gasteiger charge is -2.20. The molecule has 0 aliphatic carbocycles. The van der Waals surface area contributed by atoms with Gasteiger partial charge in [-0.25, -0.2) is 4.79 Å². The molecular weight excluding hydrogens is 464 g/mol. The molecule has 1 aliphatic rings. The summed E-state index contributed by atoms with van der Waals surface area (Å²) in [6, 6.07) is 12.0. The summed E-state index contributed by atoms with van der Waals surface area (Å²) in [4.78, 5) is 24.8. The molecule has 1 atom stereocenters. The van der Waals surface area contributed by atoms with Crippen molar-refractivity contribution in [1.82, 2.24) is 25.4 Å². The van der Waals surface area contributed by atoms with Gasteiger partial charge in [-0.2, -0.15) is 0 Å². The Morgan fingerprint density at radius 1 is 1.19 bits per heavy atom. The van der Waals surface area contributed by atoms with Crippen molar-refractivity contribution in [1.29, 1.82) is 0 Å². The number of urea groups is 1. The first-order valence-corrected chi connectivity index (χ1v) is 11.1. The van der Waals surface area contributed by atoms with Crippen molar-refractivity contribution in [3.8, 4) is 34.9 Å². The van der Waals surface area contributed by atoms with E-state index in [0.717, 1.165) is 5.39 Å². The number of hydrogen-bond donors (Lipinski definition) is 4. The second-order valence-electron chi connectivity index (χ2n) is 8.12. The first-order chi connectivity index (χ1) is 17.4. The molecule has 11 heteroatoms. The van der Waals surface area contributed by atoms with Crippen molar-refractivity contribution in [2.24, 2.45) is 0 Å². The van der Waals surface area contributed by atoms with E-state index in [9.17, 15) is 14.7 Å². The van der Waals surface area contributed by atoms with Gasteiger partial charge in [-0.3, -0.25) is 10.1 Å². The number of aromatic hydroxyl groups is 1. The molecule has 3 heterocycles. The zero-order chi connectivity index (χ0) is 25.3. The van der Waals surface area contributed by atoms with E-state index in [2.05, 4.69) is 38.0 Å². The van der Waals surface area contributed by atoms with Gasteiger partial charge in [0.2, 0.25) is 11.4 Å². The van der Waals surface area contributed by atoms with Gasteiger partial charge in [-0.05, 0) is 49.4 Å². The van der Waals surface area contributed by atoms with Crippen molar-refractivity contribution in [3.05, 3.63) is 54.2 Å². The molecule has 36 heavy (non-hydrogen) atoms. The zero-order valence-corrected chi connectivity index (χ0v) is 19.5. The van der Waals surface area contributed by atoms with Gasteiger partial charge in [0.15, 0.2) is 5.88 Å². The van der Waals surface area contributed by atoms with E-state index in [1.165, 1.54) is 11.7 Å². The summed E-state index contributed by atoms with van der Waals surface area (Å²) in [7, 11) is 1.54. The lowest BCUT2D eigenvalue weighted by atomic mass is 9.99. The van der Waals surface area contributed by atoms with Gasteiger partial charge >= 0.3 is 12.0 Å². The molecule has 0 saturated carbocycles.